The Bertz CT molecular complexity index is 559. The minimum atomic E-state index is 0.530. The van der Waals surface area contributed by atoms with Gasteiger partial charge in [0.2, 0.25) is 5.75 Å². The fraction of sp³-hybridized carbons (Fsp3) is 0.417. The second kappa shape index (κ2) is 6.20. The lowest BCUT2D eigenvalue weighted by atomic mass is 10.2. The molecule has 0 aliphatic carbocycles. The van der Waals surface area contributed by atoms with E-state index in [-0.39, 0.29) is 0 Å². The smallest absolute Gasteiger partial charge is 0.203 e. The van der Waals surface area contributed by atoms with E-state index in [1.807, 2.05) is 7.05 Å². The van der Waals surface area contributed by atoms with Crippen molar-refractivity contribution in [2.75, 3.05) is 28.4 Å². The van der Waals surface area contributed by atoms with Crippen molar-refractivity contribution in [3.8, 4) is 22.9 Å². The van der Waals surface area contributed by atoms with Gasteiger partial charge in [-0.05, 0) is 17.5 Å². The second-order valence-corrected chi connectivity index (χ2v) is 3.92. The molecule has 1 N–H and O–H groups in total. The summed E-state index contributed by atoms with van der Waals surface area (Å²) in [4.78, 5) is 0. The van der Waals surface area contributed by atoms with Gasteiger partial charge in [-0.15, -0.1) is 5.10 Å². The third-order valence-corrected chi connectivity index (χ3v) is 2.76. The molecule has 1 heterocycles. The van der Waals surface area contributed by atoms with Crippen molar-refractivity contribution in [1.82, 2.24) is 25.5 Å². The highest BCUT2D eigenvalue weighted by Gasteiger charge is 2.16. The zero-order valence-corrected chi connectivity index (χ0v) is 11.9. The Morgan fingerprint density at radius 3 is 2.25 bits per heavy atom. The summed E-state index contributed by atoms with van der Waals surface area (Å²) in [7, 11) is 6.52. The van der Waals surface area contributed by atoms with E-state index in [1.165, 1.54) is 0 Å². The van der Waals surface area contributed by atoms with Crippen molar-refractivity contribution < 1.29 is 14.2 Å². The number of nitrogens with zero attached hydrogens (tertiary/aromatic N) is 4. The first kappa shape index (κ1) is 14.1. The topological polar surface area (TPSA) is 83.3 Å². The number of rotatable bonds is 6. The number of hydrogen-bond donors (Lipinski definition) is 1. The maximum Gasteiger partial charge on any atom is 0.203 e. The van der Waals surface area contributed by atoms with Crippen LogP contribution in [0.25, 0.3) is 5.69 Å². The fourth-order valence-electron chi connectivity index (χ4n) is 1.86. The van der Waals surface area contributed by atoms with Crippen LogP contribution < -0.4 is 19.5 Å². The first-order valence-electron chi connectivity index (χ1n) is 5.97. The Morgan fingerprint density at radius 1 is 1.10 bits per heavy atom. The van der Waals surface area contributed by atoms with Gasteiger partial charge in [-0.1, -0.05) is 0 Å². The quantitative estimate of drug-likeness (QED) is 0.819. The molecule has 2 rings (SSSR count). The molecule has 0 radical (unpaired) electrons. The molecule has 0 unspecified atom stereocenters. The Labute approximate surface area is 116 Å². The number of aromatic nitrogens is 4. The van der Waals surface area contributed by atoms with Crippen LogP contribution >= 0.6 is 0 Å². The van der Waals surface area contributed by atoms with Crippen molar-refractivity contribution in [2.45, 2.75) is 6.54 Å². The monoisotopic (exact) mass is 279 g/mol. The van der Waals surface area contributed by atoms with Crippen LogP contribution in [0.1, 0.15) is 5.82 Å². The zero-order valence-electron chi connectivity index (χ0n) is 11.9. The molecular weight excluding hydrogens is 262 g/mol. The number of hydrogen-bond acceptors (Lipinski definition) is 7. The molecule has 0 amide bonds. The summed E-state index contributed by atoms with van der Waals surface area (Å²) in [6.07, 6.45) is 0. The van der Waals surface area contributed by atoms with E-state index in [0.29, 0.717) is 29.6 Å². The van der Waals surface area contributed by atoms with Crippen molar-refractivity contribution in [3.05, 3.63) is 18.0 Å². The number of tetrazole rings is 1. The van der Waals surface area contributed by atoms with Crippen LogP contribution in [0.4, 0.5) is 0 Å². The maximum atomic E-state index is 5.31. The summed E-state index contributed by atoms with van der Waals surface area (Å²) in [6.45, 7) is 0.545. The van der Waals surface area contributed by atoms with Crippen LogP contribution in [0.5, 0.6) is 17.2 Å². The van der Waals surface area contributed by atoms with E-state index in [0.717, 1.165) is 5.69 Å². The van der Waals surface area contributed by atoms with E-state index in [2.05, 4.69) is 20.8 Å². The highest BCUT2D eigenvalue weighted by molar-refractivity contribution is 5.58. The van der Waals surface area contributed by atoms with Crippen LogP contribution in [-0.2, 0) is 6.54 Å². The average molecular weight is 279 g/mol. The van der Waals surface area contributed by atoms with Crippen LogP contribution in [0.3, 0.4) is 0 Å². The Morgan fingerprint density at radius 2 is 1.75 bits per heavy atom. The van der Waals surface area contributed by atoms with Gasteiger partial charge >= 0.3 is 0 Å². The van der Waals surface area contributed by atoms with Gasteiger partial charge in [0.1, 0.15) is 0 Å². The first-order valence-corrected chi connectivity index (χ1v) is 5.97. The fourth-order valence-corrected chi connectivity index (χ4v) is 1.86. The van der Waals surface area contributed by atoms with E-state index in [1.54, 1.807) is 38.1 Å². The standard InChI is InChI=1S/C12H17N5O3/c1-13-7-11-14-15-16-17(11)8-5-9(18-2)12(20-4)10(6-8)19-3/h5-6,13H,7H2,1-4H3. The van der Waals surface area contributed by atoms with E-state index >= 15 is 0 Å². The number of ether oxygens (including phenoxy) is 3. The molecular formula is C12H17N5O3. The highest BCUT2D eigenvalue weighted by Crippen LogP contribution is 2.39. The molecule has 2 aromatic rings. The van der Waals surface area contributed by atoms with Gasteiger partial charge in [-0.25, -0.2) is 0 Å². The third-order valence-electron chi connectivity index (χ3n) is 2.76. The number of benzene rings is 1. The van der Waals surface area contributed by atoms with Crippen molar-refractivity contribution in [3.63, 3.8) is 0 Å². The molecule has 0 spiro atoms. The SMILES string of the molecule is CNCc1nnnn1-c1cc(OC)c(OC)c(OC)c1. The Hall–Kier alpha value is -2.35. The van der Waals surface area contributed by atoms with E-state index in [4.69, 9.17) is 14.2 Å². The van der Waals surface area contributed by atoms with Gasteiger partial charge in [0.15, 0.2) is 17.3 Å². The average Bonchev–Trinajstić information content (AvgIpc) is 2.94. The summed E-state index contributed by atoms with van der Waals surface area (Å²) >= 11 is 0. The highest BCUT2D eigenvalue weighted by atomic mass is 16.5. The molecule has 108 valence electrons. The van der Waals surface area contributed by atoms with Gasteiger partial charge in [-0.3, -0.25) is 0 Å². The molecule has 0 aliphatic rings. The molecule has 20 heavy (non-hydrogen) atoms. The molecule has 0 aliphatic heterocycles. The van der Waals surface area contributed by atoms with Gasteiger partial charge in [0.05, 0.1) is 33.6 Å². The summed E-state index contributed by atoms with van der Waals surface area (Å²) in [5, 5.41) is 14.6. The minimum absolute atomic E-state index is 0.530. The Kier molecular flexibility index (Phi) is 4.36. The predicted molar refractivity (Wildman–Crippen MR) is 71.6 cm³/mol. The second-order valence-electron chi connectivity index (χ2n) is 3.92. The molecule has 8 nitrogen and oxygen atoms in total. The van der Waals surface area contributed by atoms with Crippen LogP contribution in [0.2, 0.25) is 0 Å². The van der Waals surface area contributed by atoms with Crippen molar-refractivity contribution >= 4 is 0 Å². The van der Waals surface area contributed by atoms with Gasteiger partial charge in [0, 0.05) is 12.1 Å². The van der Waals surface area contributed by atoms with Crippen LogP contribution in [0, 0.1) is 0 Å². The van der Waals surface area contributed by atoms with Crippen molar-refractivity contribution in [2.24, 2.45) is 0 Å². The van der Waals surface area contributed by atoms with Gasteiger partial charge in [-0.2, -0.15) is 4.68 Å². The lowest BCUT2D eigenvalue weighted by Crippen LogP contribution is -2.12. The number of nitrogens with one attached hydrogen (secondary N) is 1. The normalized spacial score (nSPS) is 10.4. The summed E-state index contributed by atoms with van der Waals surface area (Å²) in [6, 6.07) is 3.58. The summed E-state index contributed by atoms with van der Waals surface area (Å²) < 4.78 is 17.5. The largest absolute Gasteiger partial charge is 0.493 e. The third kappa shape index (κ3) is 2.50. The zero-order chi connectivity index (χ0) is 14.5. The molecule has 0 atom stereocenters. The number of methoxy groups -OCH3 is 3. The summed E-state index contributed by atoms with van der Waals surface area (Å²) in [5.41, 5.74) is 0.731. The lowest BCUT2D eigenvalue weighted by Gasteiger charge is -2.14. The summed E-state index contributed by atoms with van der Waals surface area (Å²) in [5.74, 6) is 2.31. The molecule has 1 aromatic heterocycles. The molecule has 0 bridgehead atoms. The van der Waals surface area contributed by atoms with Crippen LogP contribution in [0.15, 0.2) is 12.1 Å². The predicted octanol–water partition coefficient (Wildman–Crippen LogP) is 0.407. The maximum absolute atomic E-state index is 5.31. The molecule has 0 saturated heterocycles. The van der Waals surface area contributed by atoms with Crippen LogP contribution in [-0.4, -0.2) is 48.6 Å². The minimum Gasteiger partial charge on any atom is -0.493 e. The first-order chi connectivity index (χ1) is 9.74. The molecule has 0 fully saturated rings. The van der Waals surface area contributed by atoms with Crippen molar-refractivity contribution in [1.29, 1.82) is 0 Å². The van der Waals surface area contributed by atoms with E-state index in [9.17, 15) is 0 Å². The lowest BCUT2D eigenvalue weighted by molar-refractivity contribution is 0.324. The molecule has 0 saturated carbocycles. The van der Waals surface area contributed by atoms with E-state index < -0.39 is 0 Å². The Balaban J connectivity index is 2.54. The van der Waals surface area contributed by atoms with Gasteiger partial charge in [0.25, 0.3) is 0 Å². The molecule has 1 aromatic carbocycles. The molecule has 8 heteroatoms. The van der Waals surface area contributed by atoms with Gasteiger partial charge < -0.3 is 19.5 Å².